The van der Waals surface area contributed by atoms with Crippen LogP contribution in [0.2, 0.25) is 0 Å². The van der Waals surface area contributed by atoms with E-state index in [1.165, 1.54) is 29.2 Å². The van der Waals surface area contributed by atoms with Crippen molar-refractivity contribution < 1.29 is 9.72 Å². The number of aryl methyl sites for hydroxylation is 1. The van der Waals surface area contributed by atoms with E-state index in [1.54, 1.807) is 18.2 Å². The van der Waals surface area contributed by atoms with Crippen LogP contribution in [-0.4, -0.2) is 15.8 Å². The molecule has 0 atom stereocenters. The molecule has 7 nitrogen and oxygen atoms in total. The van der Waals surface area contributed by atoms with Crippen LogP contribution in [-0.2, 0) is 6.54 Å². The third-order valence-electron chi connectivity index (χ3n) is 5.11. The molecule has 0 unspecified atom stereocenters. The fraction of sp³-hybridized carbons (Fsp3) is 0.0833. The molecule has 0 aliphatic rings. The normalized spacial score (nSPS) is 10.7. The molecule has 4 rings (SSSR count). The van der Waals surface area contributed by atoms with E-state index >= 15 is 0 Å². The second-order valence-corrected chi connectivity index (χ2v) is 7.20. The molecule has 0 aliphatic heterocycles. The van der Waals surface area contributed by atoms with Gasteiger partial charge in [0.05, 0.1) is 11.5 Å². The molecule has 0 aliphatic carbocycles. The Morgan fingerprint density at radius 1 is 1.00 bits per heavy atom. The van der Waals surface area contributed by atoms with Gasteiger partial charge in [-0.1, -0.05) is 42.5 Å². The molecule has 0 saturated carbocycles. The molecule has 0 saturated heterocycles. The average Bonchev–Trinajstić information content (AvgIpc) is 2.78. The lowest BCUT2D eigenvalue weighted by molar-refractivity contribution is -0.384. The molecular formula is C24H19N3O4. The van der Waals surface area contributed by atoms with Crippen LogP contribution in [0.25, 0.3) is 10.9 Å². The summed E-state index contributed by atoms with van der Waals surface area (Å²) in [6, 6.07) is 22.1. The molecule has 4 aromatic rings. The number of hydrogen-bond donors (Lipinski definition) is 1. The smallest absolute Gasteiger partial charge is 0.270 e. The van der Waals surface area contributed by atoms with Crippen molar-refractivity contribution in [3.05, 3.63) is 116 Å². The van der Waals surface area contributed by atoms with Crippen LogP contribution in [0.3, 0.4) is 0 Å². The van der Waals surface area contributed by atoms with E-state index in [4.69, 9.17) is 0 Å². The molecule has 0 spiro atoms. The Bertz CT molecular complexity index is 1360. The maximum absolute atomic E-state index is 13.4. The number of aromatic amines is 1. The highest BCUT2D eigenvalue weighted by molar-refractivity contribution is 6.06. The number of benzene rings is 3. The Balaban J connectivity index is 1.81. The van der Waals surface area contributed by atoms with Crippen molar-refractivity contribution in [3.8, 4) is 0 Å². The molecular weight excluding hydrogens is 394 g/mol. The van der Waals surface area contributed by atoms with Crippen LogP contribution in [0.1, 0.15) is 21.5 Å². The Kier molecular flexibility index (Phi) is 5.32. The second-order valence-electron chi connectivity index (χ2n) is 7.20. The number of nitro groups is 1. The topological polar surface area (TPSA) is 96.3 Å². The van der Waals surface area contributed by atoms with Gasteiger partial charge in [-0.3, -0.25) is 19.7 Å². The molecule has 0 radical (unpaired) electrons. The predicted molar refractivity (Wildman–Crippen MR) is 119 cm³/mol. The number of rotatable bonds is 5. The molecule has 31 heavy (non-hydrogen) atoms. The lowest BCUT2D eigenvalue weighted by Crippen LogP contribution is -2.33. The monoisotopic (exact) mass is 413 g/mol. The van der Waals surface area contributed by atoms with Crippen LogP contribution in [0.4, 0.5) is 11.4 Å². The van der Waals surface area contributed by atoms with Gasteiger partial charge in [0.2, 0.25) is 0 Å². The van der Waals surface area contributed by atoms with Gasteiger partial charge in [0.15, 0.2) is 0 Å². The molecule has 1 heterocycles. The maximum Gasteiger partial charge on any atom is 0.270 e. The fourth-order valence-corrected chi connectivity index (χ4v) is 3.52. The zero-order chi connectivity index (χ0) is 22.0. The van der Waals surface area contributed by atoms with E-state index in [9.17, 15) is 19.7 Å². The first kappa shape index (κ1) is 20.0. The standard InChI is InChI=1S/C24H19N3O4/c1-16-7-2-5-12-22(16)26(24(29)18-9-6-10-20(14-18)27(30)31)15-19-13-17-8-3-4-11-21(17)25-23(19)28/h2-14H,15H2,1H3,(H,25,28). The van der Waals surface area contributed by atoms with Crippen LogP contribution in [0.15, 0.2) is 83.7 Å². The van der Waals surface area contributed by atoms with Crippen molar-refractivity contribution in [2.45, 2.75) is 13.5 Å². The minimum atomic E-state index is -0.539. The summed E-state index contributed by atoms with van der Waals surface area (Å²) in [5.41, 5.74) is 2.33. The van der Waals surface area contributed by atoms with Crippen molar-refractivity contribution in [3.63, 3.8) is 0 Å². The average molecular weight is 413 g/mol. The largest absolute Gasteiger partial charge is 0.322 e. The van der Waals surface area contributed by atoms with Crippen molar-refractivity contribution in [2.24, 2.45) is 0 Å². The van der Waals surface area contributed by atoms with Gasteiger partial charge in [-0.2, -0.15) is 0 Å². The van der Waals surface area contributed by atoms with Crippen LogP contribution < -0.4 is 10.5 Å². The lowest BCUT2D eigenvalue weighted by atomic mass is 10.1. The third-order valence-corrected chi connectivity index (χ3v) is 5.11. The first-order valence-corrected chi connectivity index (χ1v) is 9.67. The maximum atomic E-state index is 13.4. The number of H-pyrrole nitrogens is 1. The van der Waals surface area contributed by atoms with Crippen molar-refractivity contribution in [2.75, 3.05) is 4.90 Å². The molecule has 1 aromatic heterocycles. The van der Waals surface area contributed by atoms with E-state index in [0.29, 0.717) is 16.8 Å². The molecule has 1 amide bonds. The van der Waals surface area contributed by atoms with Crippen LogP contribution in [0, 0.1) is 17.0 Å². The summed E-state index contributed by atoms with van der Waals surface area (Å²) >= 11 is 0. The molecule has 0 fully saturated rings. The lowest BCUT2D eigenvalue weighted by Gasteiger charge is -2.24. The highest BCUT2D eigenvalue weighted by atomic mass is 16.6. The molecule has 7 heteroatoms. The van der Waals surface area contributed by atoms with E-state index in [0.717, 1.165) is 10.9 Å². The summed E-state index contributed by atoms with van der Waals surface area (Å²) in [5, 5.41) is 12.0. The number of aromatic nitrogens is 1. The summed E-state index contributed by atoms with van der Waals surface area (Å²) in [7, 11) is 0. The van der Waals surface area contributed by atoms with Crippen LogP contribution in [0.5, 0.6) is 0 Å². The first-order valence-electron chi connectivity index (χ1n) is 9.67. The van der Waals surface area contributed by atoms with Gasteiger partial charge in [0, 0.05) is 34.5 Å². The van der Waals surface area contributed by atoms with Crippen LogP contribution >= 0.6 is 0 Å². The summed E-state index contributed by atoms with van der Waals surface area (Å²) in [6.07, 6.45) is 0. The number of anilines is 1. The molecule has 154 valence electrons. The van der Waals surface area contributed by atoms with Gasteiger partial charge in [-0.15, -0.1) is 0 Å². The van der Waals surface area contributed by atoms with Crippen molar-refractivity contribution >= 4 is 28.2 Å². The highest BCUT2D eigenvalue weighted by Crippen LogP contribution is 2.25. The summed E-state index contributed by atoms with van der Waals surface area (Å²) in [4.78, 5) is 41.1. The Morgan fingerprint density at radius 2 is 1.74 bits per heavy atom. The zero-order valence-corrected chi connectivity index (χ0v) is 16.7. The summed E-state index contributed by atoms with van der Waals surface area (Å²) < 4.78 is 0. The van der Waals surface area contributed by atoms with Gasteiger partial charge >= 0.3 is 0 Å². The highest BCUT2D eigenvalue weighted by Gasteiger charge is 2.22. The number of nitrogens with one attached hydrogen (secondary N) is 1. The zero-order valence-electron chi connectivity index (χ0n) is 16.7. The van der Waals surface area contributed by atoms with Gasteiger partial charge < -0.3 is 9.88 Å². The third kappa shape index (κ3) is 4.06. The van der Waals surface area contributed by atoms with Gasteiger partial charge in [0.1, 0.15) is 0 Å². The number of pyridine rings is 1. The van der Waals surface area contributed by atoms with Crippen molar-refractivity contribution in [1.29, 1.82) is 0 Å². The van der Waals surface area contributed by atoms with E-state index in [2.05, 4.69) is 4.98 Å². The number of amides is 1. The SMILES string of the molecule is Cc1ccccc1N(Cc1cc2ccccc2[nH]c1=O)C(=O)c1cccc([N+](=O)[O-])c1. The number of nitrogens with zero attached hydrogens (tertiary/aromatic N) is 2. The molecule has 1 N–H and O–H groups in total. The summed E-state index contributed by atoms with van der Waals surface area (Å²) in [6.45, 7) is 1.89. The Hall–Kier alpha value is -4.26. The fourth-order valence-electron chi connectivity index (χ4n) is 3.52. The molecule has 3 aromatic carbocycles. The number of hydrogen-bond acceptors (Lipinski definition) is 4. The van der Waals surface area contributed by atoms with Gasteiger partial charge in [-0.25, -0.2) is 0 Å². The molecule has 0 bridgehead atoms. The van der Waals surface area contributed by atoms with E-state index in [-0.39, 0.29) is 23.4 Å². The quantitative estimate of drug-likeness (QED) is 0.382. The van der Waals surface area contributed by atoms with Gasteiger partial charge in [0.25, 0.3) is 17.2 Å². The predicted octanol–water partition coefficient (Wildman–Crippen LogP) is 4.59. The number of para-hydroxylation sites is 2. The number of non-ortho nitro benzene ring substituents is 1. The van der Waals surface area contributed by atoms with E-state index < -0.39 is 10.8 Å². The van der Waals surface area contributed by atoms with Crippen molar-refractivity contribution in [1.82, 2.24) is 4.98 Å². The first-order chi connectivity index (χ1) is 14.9. The second kappa shape index (κ2) is 8.23. The minimum Gasteiger partial charge on any atom is -0.322 e. The minimum absolute atomic E-state index is 0.0204. The number of nitro benzene ring substituents is 1. The summed E-state index contributed by atoms with van der Waals surface area (Å²) in [5.74, 6) is -0.425. The Labute approximate surface area is 177 Å². The number of carbonyl (C=O) groups is 1. The Morgan fingerprint density at radius 3 is 2.52 bits per heavy atom. The number of fused-ring (bicyclic) bond motifs is 1. The van der Waals surface area contributed by atoms with E-state index in [1.807, 2.05) is 43.3 Å². The van der Waals surface area contributed by atoms with Gasteiger partial charge in [-0.05, 0) is 42.1 Å². The number of carbonyl (C=O) groups excluding carboxylic acids is 1.